The van der Waals surface area contributed by atoms with Crippen LogP contribution in [0.5, 0.6) is 0 Å². The molecule has 1 amide bonds. The van der Waals surface area contributed by atoms with Gasteiger partial charge in [0.05, 0.1) is 0 Å². The minimum absolute atomic E-state index is 0.161. The highest BCUT2D eigenvalue weighted by Crippen LogP contribution is 2.22. The molecule has 4 nitrogen and oxygen atoms in total. The molecule has 1 aliphatic heterocycles. The number of carbonyl (C=O) groups is 1. The number of likely N-dealkylation sites (tertiary alicyclic amines) is 1. The molecule has 1 aromatic rings. The highest BCUT2D eigenvalue weighted by Gasteiger charge is 2.24. The number of nitriles is 1. The first-order valence-corrected chi connectivity index (χ1v) is 8.02. The lowest BCUT2D eigenvalue weighted by atomic mass is 9.90. The van der Waals surface area contributed by atoms with Gasteiger partial charge in [0.1, 0.15) is 11.6 Å². The fourth-order valence-electron chi connectivity index (χ4n) is 2.84. The van der Waals surface area contributed by atoms with Crippen LogP contribution in [0.1, 0.15) is 18.4 Å². The van der Waals surface area contributed by atoms with E-state index in [-0.39, 0.29) is 11.5 Å². The molecule has 0 aromatic heterocycles. The monoisotopic (exact) mass is 309 g/mol. The molecule has 0 bridgehead atoms. The molecule has 1 saturated heterocycles. The SMILES string of the molecule is C=CCN/C=C(/C#N)C(=O)N1CCC(Cc2ccccc2)CC1. The molecule has 4 heteroatoms. The van der Waals surface area contributed by atoms with Gasteiger partial charge < -0.3 is 10.2 Å². The Bertz CT molecular complexity index is 593. The van der Waals surface area contributed by atoms with Crippen LogP contribution in [0, 0.1) is 17.2 Å². The van der Waals surface area contributed by atoms with E-state index < -0.39 is 0 Å². The number of nitrogens with zero attached hydrogens (tertiary/aromatic N) is 2. The first kappa shape index (κ1) is 16.8. The summed E-state index contributed by atoms with van der Waals surface area (Å²) in [6.07, 6.45) is 6.20. The first-order valence-electron chi connectivity index (χ1n) is 8.02. The summed E-state index contributed by atoms with van der Waals surface area (Å²) in [5.74, 6) is 0.428. The van der Waals surface area contributed by atoms with Gasteiger partial charge in [-0.2, -0.15) is 5.26 Å². The second kappa shape index (κ2) is 8.79. The third-order valence-corrected chi connectivity index (χ3v) is 4.13. The molecule has 0 atom stereocenters. The fraction of sp³-hybridized carbons (Fsp3) is 0.368. The fourth-order valence-corrected chi connectivity index (χ4v) is 2.84. The summed E-state index contributed by atoms with van der Waals surface area (Å²) in [5.41, 5.74) is 1.51. The van der Waals surface area contributed by atoms with Crippen LogP contribution in [0.3, 0.4) is 0 Å². The number of carbonyl (C=O) groups excluding carboxylic acids is 1. The van der Waals surface area contributed by atoms with Crippen LogP contribution >= 0.6 is 0 Å². The van der Waals surface area contributed by atoms with E-state index in [1.807, 2.05) is 12.1 Å². The second-order valence-electron chi connectivity index (χ2n) is 5.79. The van der Waals surface area contributed by atoms with Crippen molar-refractivity contribution in [3.8, 4) is 6.07 Å². The molecular formula is C19H23N3O. The Morgan fingerprint density at radius 3 is 2.65 bits per heavy atom. The third kappa shape index (κ3) is 5.00. The number of nitrogens with one attached hydrogen (secondary N) is 1. The van der Waals surface area contributed by atoms with Gasteiger partial charge in [0.2, 0.25) is 0 Å². The van der Waals surface area contributed by atoms with E-state index in [9.17, 15) is 4.79 Å². The molecule has 0 aliphatic carbocycles. The van der Waals surface area contributed by atoms with Crippen molar-refractivity contribution in [2.24, 2.45) is 5.92 Å². The number of benzene rings is 1. The van der Waals surface area contributed by atoms with Crippen molar-refractivity contribution in [3.05, 3.63) is 60.3 Å². The molecule has 120 valence electrons. The minimum atomic E-state index is -0.178. The van der Waals surface area contributed by atoms with Gasteiger partial charge in [-0.1, -0.05) is 36.4 Å². The quantitative estimate of drug-likeness (QED) is 0.380. The molecule has 1 fully saturated rings. The zero-order chi connectivity index (χ0) is 16.5. The summed E-state index contributed by atoms with van der Waals surface area (Å²) < 4.78 is 0. The van der Waals surface area contributed by atoms with Crippen LogP contribution in [-0.2, 0) is 11.2 Å². The molecule has 0 saturated carbocycles. The van der Waals surface area contributed by atoms with E-state index in [0.29, 0.717) is 12.5 Å². The Kier molecular flexibility index (Phi) is 6.43. The number of hydrogen-bond acceptors (Lipinski definition) is 3. The minimum Gasteiger partial charge on any atom is -0.386 e. The van der Waals surface area contributed by atoms with Crippen molar-refractivity contribution >= 4 is 5.91 Å². The van der Waals surface area contributed by atoms with Gasteiger partial charge in [-0.25, -0.2) is 0 Å². The van der Waals surface area contributed by atoms with Crippen LogP contribution in [0.25, 0.3) is 0 Å². The van der Waals surface area contributed by atoms with Gasteiger partial charge in [-0.05, 0) is 30.7 Å². The summed E-state index contributed by atoms with van der Waals surface area (Å²) in [4.78, 5) is 14.1. The van der Waals surface area contributed by atoms with E-state index in [2.05, 4.69) is 36.2 Å². The molecule has 23 heavy (non-hydrogen) atoms. The predicted octanol–water partition coefficient (Wildman–Crippen LogP) is 2.65. The van der Waals surface area contributed by atoms with Gasteiger partial charge in [0, 0.05) is 25.8 Å². The Balaban J connectivity index is 1.85. The average molecular weight is 309 g/mol. The third-order valence-electron chi connectivity index (χ3n) is 4.13. The topological polar surface area (TPSA) is 56.1 Å². The highest BCUT2D eigenvalue weighted by atomic mass is 16.2. The van der Waals surface area contributed by atoms with Crippen molar-refractivity contribution in [2.45, 2.75) is 19.3 Å². The molecule has 1 aliphatic rings. The number of hydrogen-bond donors (Lipinski definition) is 1. The number of amides is 1. The summed E-state index contributed by atoms with van der Waals surface area (Å²) in [6, 6.07) is 12.4. The van der Waals surface area contributed by atoms with Crippen molar-refractivity contribution in [1.82, 2.24) is 10.2 Å². The van der Waals surface area contributed by atoms with Gasteiger partial charge >= 0.3 is 0 Å². The van der Waals surface area contributed by atoms with Crippen molar-refractivity contribution in [2.75, 3.05) is 19.6 Å². The van der Waals surface area contributed by atoms with Crippen LogP contribution < -0.4 is 5.32 Å². The molecule has 1 N–H and O–H groups in total. The van der Waals surface area contributed by atoms with E-state index >= 15 is 0 Å². The van der Waals surface area contributed by atoms with E-state index in [1.54, 1.807) is 11.0 Å². The van der Waals surface area contributed by atoms with E-state index in [0.717, 1.165) is 32.4 Å². The molecule has 2 rings (SSSR count). The largest absolute Gasteiger partial charge is 0.386 e. The molecule has 0 unspecified atom stereocenters. The molecule has 0 radical (unpaired) electrons. The lowest BCUT2D eigenvalue weighted by Gasteiger charge is -2.32. The maximum absolute atomic E-state index is 12.4. The highest BCUT2D eigenvalue weighted by molar-refractivity contribution is 5.97. The van der Waals surface area contributed by atoms with Gasteiger partial charge in [-0.3, -0.25) is 4.79 Å². The molecular weight excluding hydrogens is 286 g/mol. The lowest BCUT2D eigenvalue weighted by molar-refractivity contribution is -0.128. The van der Waals surface area contributed by atoms with Crippen LogP contribution in [0.2, 0.25) is 0 Å². The first-order chi connectivity index (χ1) is 11.2. The van der Waals surface area contributed by atoms with Crippen molar-refractivity contribution < 1.29 is 4.79 Å². The average Bonchev–Trinajstić information content (AvgIpc) is 2.60. The smallest absolute Gasteiger partial charge is 0.265 e. The van der Waals surface area contributed by atoms with Gasteiger partial charge in [-0.15, -0.1) is 6.58 Å². The van der Waals surface area contributed by atoms with Crippen molar-refractivity contribution in [3.63, 3.8) is 0 Å². The number of rotatable bonds is 6. The lowest BCUT2D eigenvalue weighted by Crippen LogP contribution is -2.39. The Morgan fingerprint density at radius 2 is 2.04 bits per heavy atom. The number of piperidine rings is 1. The van der Waals surface area contributed by atoms with Crippen LogP contribution in [0.15, 0.2) is 54.8 Å². The molecule has 0 spiro atoms. The van der Waals surface area contributed by atoms with Crippen LogP contribution in [0.4, 0.5) is 0 Å². The zero-order valence-corrected chi connectivity index (χ0v) is 13.4. The normalized spacial score (nSPS) is 15.8. The predicted molar refractivity (Wildman–Crippen MR) is 91.3 cm³/mol. The Hall–Kier alpha value is -2.54. The van der Waals surface area contributed by atoms with Crippen LogP contribution in [-0.4, -0.2) is 30.4 Å². The van der Waals surface area contributed by atoms with Gasteiger partial charge in [0.25, 0.3) is 5.91 Å². The van der Waals surface area contributed by atoms with E-state index in [4.69, 9.17) is 5.26 Å². The maximum Gasteiger partial charge on any atom is 0.265 e. The molecule has 1 heterocycles. The molecule has 1 aromatic carbocycles. The van der Waals surface area contributed by atoms with E-state index in [1.165, 1.54) is 11.8 Å². The van der Waals surface area contributed by atoms with Gasteiger partial charge in [0.15, 0.2) is 0 Å². The van der Waals surface area contributed by atoms with Crippen molar-refractivity contribution in [1.29, 1.82) is 5.26 Å². The Morgan fingerprint density at radius 1 is 1.35 bits per heavy atom. The second-order valence-corrected chi connectivity index (χ2v) is 5.79. The summed E-state index contributed by atoms with van der Waals surface area (Å²) >= 11 is 0. The summed E-state index contributed by atoms with van der Waals surface area (Å²) in [7, 11) is 0. The summed E-state index contributed by atoms with van der Waals surface area (Å²) in [5, 5.41) is 12.0. The summed E-state index contributed by atoms with van der Waals surface area (Å²) in [6.45, 7) is 5.57. The Labute approximate surface area is 138 Å². The zero-order valence-electron chi connectivity index (χ0n) is 13.4. The standard InChI is InChI=1S/C19H23N3O/c1-2-10-21-15-18(14-20)19(23)22-11-8-17(9-12-22)13-16-6-4-3-5-7-16/h2-7,15,17,21H,1,8-13H2/b18-15-. The maximum atomic E-state index is 12.4.